The first kappa shape index (κ1) is 13.7. The fourth-order valence-corrected chi connectivity index (χ4v) is 1.10. The van der Waals surface area contributed by atoms with Crippen LogP contribution >= 0.6 is 0 Å². The Labute approximate surface area is 85.1 Å². The lowest BCUT2D eigenvalue weighted by molar-refractivity contribution is -0.138. The minimum atomic E-state index is -4.39. The van der Waals surface area contributed by atoms with Crippen LogP contribution in [0.15, 0.2) is 0 Å². The first-order valence-electron chi connectivity index (χ1n) is 4.34. The van der Waals surface area contributed by atoms with Crippen LogP contribution < -0.4 is 0 Å². The molecule has 0 spiro atoms. The average Bonchev–Trinajstić information content (AvgIpc) is 2.18. The number of alkyl halides is 4. The highest BCUT2D eigenvalue weighted by atomic mass is 19.4. The fourth-order valence-electron chi connectivity index (χ4n) is 1.10. The molecule has 0 radical (unpaired) electrons. The van der Waals surface area contributed by atoms with Crippen LogP contribution in [0.25, 0.3) is 0 Å². The molecule has 0 aromatic heterocycles. The third-order valence-corrected chi connectivity index (χ3v) is 2.00. The molecule has 15 heavy (non-hydrogen) atoms. The van der Waals surface area contributed by atoms with Gasteiger partial charge >= 0.3 is 6.18 Å². The predicted octanol–water partition coefficient (Wildman–Crippen LogP) is 3.11. The Morgan fingerprint density at radius 1 is 0.933 bits per heavy atom. The van der Waals surface area contributed by atoms with Gasteiger partial charge in [0.1, 0.15) is 5.41 Å². The zero-order valence-corrected chi connectivity index (χ0v) is 7.94. The molecule has 84 valence electrons. The highest BCUT2D eigenvalue weighted by Crippen LogP contribution is 2.33. The van der Waals surface area contributed by atoms with Gasteiger partial charge in [0, 0.05) is 6.42 Å². The van der Waals surface area contributed by atoms with Crippen molar-refractivity contribution in [2.75, 3.05) is 6.67 Å². The van der Waals surface area contributed by atoms with Gasteiger partial charge in [-0.2, -0.15) is 23.7 Å². The SMILES string of the molecule is N#CC(C#N)(CCCF)CCC(F)(F)F. The lowest BCUT2D eigenvalue weighted by atomic mass is 9.82. The molecule has 0 atom stereocenters. The third-order valence-electron chi connectivity index (χ3n) is 2.00. The van der Waals surface area contributed by atoms with Crippen LogP contribution in [0.4, 0.5) is 17.6 Å². The number of nitriles is 2. The van der Waals surface area contributed by atoms with Crippen LogP contribution in [-0.4, -0.2) is 12.9 Å². The molecule has 0 fully saturated rings. The molecule has 0 saturated carbocycles. The van der Waals surface area contributed by atoms with Gasteiger partial charge in [0.05, 0.1) is 18.8 Å². The Morgan fingerprint density at radius 3 is 1.80 bits per heavy atom. The third kappa shape index (κ3) is 5.21. The first-order chi connectivity index (χ1) is 6.89. The zero-order valence-electron chi connectivity index (χ0n) is 7.94. The molecule has 0 aromatic rings. The summed E-state index contributed by atoms with van der Waals surface area (Å²) in [7, 11) is 0. The Morgan fingerprint density at radius 2 is 1.47 bits per heavy atom. The highest BCUT2D eigenvalue weighted by molar-refractivity contribution is 5.13. The lowest BCUT2D eigenvalue weighted by Gasteiger charge is -2.18. The number of halogens is 4. The number of rotatable bonds is 5. The van der Waals surface area contributed by atoms with E-state index in [2.05, 4.69) is 0 Å². The summed E-state index contributed by atoms with van der Waals surface area (Å²) in [6, 6.07) is 3.09. The van der Waals surface area contributed by atoms with Crippen molar-refractivity contribution >= 4 is 0 Å². The van der Waals surface area contributed by atoms with Gasteiger partial charge < -0.3 is 0 Å². The van der Waals surface area contributed by atoms with Crippen molar-refractivity contribution in [3.63, 3.8) is 0 Å². The van der Waals surface area contributed by atoms with E-state index in [4.69, 9.17) is 10.5 Å². The zero-order chi connectivity index (χ0) is 11.9. The molecule has 0 aliphatic carbocycles. The molecule has 0 saturated heterocycles. The second-order valence-electron chi connectivity index (χ2n) is 3.21. The van der Waals surface area contributed by atoms with Gasteiger partial charge in [0.2, 0.25) is 0 Å². The van der Waals surface area contributed by atoms with E-state index in [1.165, 1.54) is 0 Å². The van der Waals surface area contributed by atoms with E-state index in [0.29, 0.717) is 0 Å². The van der Waals surface area contributed by atoms with Gasteiger partial charge in [-0.3, -0.25) is 4.39 Å². The minimum absolute atomic E-state index is 0.0705. The summed E-state index contributed by atoms with van der Waals surface area (Å²) < 4.78 is 47.5. The second-order valence-corrected chi connectivity index (χ2v) is 3.21. The first-order valence-corrected chi connectivity index (χ1v) is 4.34. The second kappa shape index (κ2) is 5.55. The molecule has 0 rings (SSSR count). The number of hydrogen-bond acceptors (Lipinski definition) is 2. The lowest BCUT2D eigenvalue weighted by Crippen LogP contribution is -2.20. The summed E-state index contributed by atoms with van der Waals surface area (Å²) >= 11 is 0. The Bertz CT molecular complexity index is 257. The molecule has 0 heterocycles. The van der Waals surface area contributed by atoms with Gasteiger partial charge in [-0.1, -0.05) is 0 Å². The molecule has 0 N–H and O–H groups in total. The summed E-state index contributed by atoms with van der Waals surface area (Å²) in [5, 5.41) is 17.3. The number of nitrogens with zero attached hydrogens (tertiary/aromatic N) is 2. The van der Waals surface area contributed by atoms with Gasteiger partial charge in [-0.05, 0) is 19.3 Å². The minimum Gasteiger partial charge on any atom is -0.251 e. The van der Waals surface area contributed by atoms with Crippen LogP contribution in [0.1, 0.15) is 25.7 Å². The van der Waals surface area contributed by atoms with Crippen LogP contribution in [0, 0.1) is 28.1 Å². The van der Waals surface area contributed by atoms with E-state index in [1.807, 2.05) is 0 Å². The van der Waals surface area contributed by atoms with Crippen molar-refractivity contribution in [2.24, 2.45) is 5.41 Å². The molecule has 0 amide bonds. The van der Waals surface area contributed by atoms with Gasteiger partial charge in [-0.15, -0.1) is 0 Å². The Kier molecular flexibility index (Phi) is 5.07. The van der Waals surface area contributed by atoms with E-state index in [0.717, 1.165) is 0 Å². The Hall–Kier alpha value is -1.30. The normalized spacial score (nSPS) is 11.9. The summed E-state index contributed by atoms with van der Waals surface area (Å²) in [4.78, 5) is 0. The maximum absolute atomic E-state index is 11.9. The molecule has 0 aliphatic rings. The predicted molar refractivity (Wildman–Crippen MR) is 44.2 cm³/mol. The van der Waals surface area contributed by atoms with Crippen molar-refractivity contribution in [1.82, 2.24) is 0 Å². The highest BCUT2D eigenvalue weighted by Gasteiger charge is 2.36. The van der Waals surface area contributed by atoms with E-state index < -0.39 is 31.1 Å². The van der Waals surface area contributed by atoms with Crippen molar-refractivity contribution in [2.45, 2.75) is 31.9 Å². The summed E-state index contributed by atoms with van der Waals surface area (Å²) in [5.74, 6) is 0. The largest absolute Gasteiger partial charge is 0.389 e. The maximum Gasteiger partial charge on any atom is 0.389 e. The van der Waals surface area contributed by atoms with Gasteiger partial charge in [-0.25, -0.2) is 0 Å². The molecule has 2 nitrogen and oxygen atoms in total. The molecule has 0 bridgehead atoms. The Balaban J connectivity index is 4.41. The standard InChI is InChI=1S/C9H10F4N2/c10-5-1-2-8(6-14,7-15)3-4-9(11,12)13/h1-5H2. The molecule has 6 heteroatoms. The smallest absolute Gasteiger partial charge is 0.251 e. The van der Waals surface area contributed by atoms with E-state index in [1.54, 1.807) is 12.1 Å². The van der Waals surface area contributed by atoms with Crippen LogP contribution in [0.2, 0.25) is 0 Å². The van der Waals surface area contributed by atoms with E-state index >= 15 is 0 Å². The summed E-state index contributed by atoms with van der Waals surface area (Å²) in [6.07, 6.45) is -6.41. The summed E-state index contributed by atoms with van der Waals surface area (Å²) in [6.45, 7) is -0.739. The molecule has 0 unspecified atom stereocenters. The van der Waals surface area contributed by atoms with Crippen LogP contribution in [-0.2, 0) is 0 Å². The maximum atomic E-state index is 11.9. The molecule has 0 aliphatic heterocycles. The molecular formula is C9H10F4N2. The number of hydrogen-bond donors (Lipinski definition) is 0. The van der Waals surface area contributed by atoms with E-state index in [9.17, 15) is 17.6 Å². The van der Waals surface area contributed by atoms with Crippen molar-refractivity contribution in [3.05, 3.63) is 0 Å². The van der Waals surface area contributed by atoms with E-state index in [-0.39, 0.29) is 12.8 Å². The topological polar surface area (TPSA) is 47.6 Å². The van der Waals surface area contributed by atoms with Crippen LogP contribution in [0.5, 0.6) is 0 Å². The molecular weight excluding hydrogens is 212 g/mol. The molecule has 0 aromatic carbocycles. The van der Waals surface area contributed by atoms with Crippen molar-refractivity contribution < 1.29 is 17.6 Å². The van der Waals surface area contributed by atoms with Gasteiger partial charge in [0.15, 0.2) is 0 Å². The quantitative estimate of drug-likeness (QED) is 0.671. The van der Waals surface area contributed by atoms with Crippen molar-refractivity contribution in [1.29, 1.82) is 10.5 Å². The average molecular weight is 222 g/mol. The fraction of sp³-hybridized carbons (Fsp3) is 0.778. The van der Waals surface area contributed by atoms with Crippen LogP contribution in [0.3, 0.4) is 0 Å². The van der Waals surface area contributed by atoms with Crippen molar-refractivity contribution in [3.8, 4) is 12.1 Å². The van der Waals surface area contributed by atoms with Gasteiger partial charge in [0.25, 0.3) is 0 Å². The summed E-state index contributed by atoms with van der Waals surface area (Å²) in [5.41, 5.74) is -1.71. The monoisotopic (exact) mass is 222 g/mol.